The molecule has 1 aliphatic carbocycles. The number of aromatic nitrogens is 1. The van der Waals surface area contributed by atoms with Gasteiger partial charge < -0.3 is 87.8 Å². The number of methoxy groups -OCH3 is 1. The van der Waals surface area contributed by atoms with E-state index in [0.717, 1.165) is 12.8 Å². The van der Waals surface area contributed by atoms with Gasteiger partial charge in [0.15, 0.2) is 18.7 Å². The van der Waals surface area contributed by atoms with E-state index >= 15 is 0 Å². The van der Waals surface area contributed by atoms with Crippen LogP contribution in [0.4, 0.5) is 4.79 Å². The maximum atomic E-state index is 14.6. The summed E-state index contributed by atoms with van der Waals surface area (Å²) in [5, 5.41) is 60.8. The number of esters is 1. The minimum Gasteiger partial charge on any atom is -0.491 e. The molecule has 4 heterocycles. The Morgan fingerprint density at radius 1 is 0.937 bits per heavy atom. The molecule has 1 aromatic carbocycles. The zero-order chi connectivity index (χ0) is 58.5. The topological polar surface area (TPSA) is 276 Å². The summed E-state index contributed by atoms with van der Waals surface area (Å²) in [6.45, 7) is 18.7. The summed E-state index contributed by atoms with van der Waals surface area (Å²) in [5.74, 6) is -3.78. The molecule has 0 spiro atoms. The van der Waals surface area contributed by atoms with Crippen LogP contribution in [-0.2, 0) is 42.7 Å². The molecule has 22 nitrogen and oxygen atoms in total. The highest BCUT2D eigenvalue weighted by Gasteiger charge is 2.54. The Morgan fingerprint density at radius 3 is 2.27 bits per heavy atom. The van der Waals surface area contributed by atoms with E-state index in [1.807, 2.05) is 49.4 Å². The fraction of sp³-hybridized carbons (Fsp3) is 0.789. The highest BCUT2D eigenvalue weighted by molar-refractivity contribution is 5.93. The number of aliphatic hydroxyl groups excluding tert-OH is 2. The largest absolute Gasteiger partial charge is 0.491 e. The maximum absolute atomic E-state index is 14.6. The molecule has 22 heteroatoms. The number of benzene rings is 1. The number of amides is 1. The number of hydrogen-bond donors (Lipinski definition) is 6. The summed E-state index contributed by atoms with van der Waals surface area (Å²) in [7, 11) is 7.05. The van der Waals surface area contributed by atoms with Gasteiger partial charge >= 0.3 is 18.0 Å². The summed E-state index contributed by atoms with van der Waals surface area (Å²) in [6.07, 6.45) is -6.30. The number of carboxylic acid groups (broad SMARTS) is 1. The number of carboxylic acids is 1. The first kappa shape index (κ1) is 64.1. The normalized spacial score (nSPS) is 37.5. The molecule has 0 unspecified atom stereocenters. The predicted octanol–water partition coefficient (Wildman–Crippen LogP) is 4.47. The SMILES string of the molecule is CC[C@H]1OC(=O)[C@H](C)[C@@H](O[C@H]2C[C@@](C)(OC)[C@@H](OC(=O)NCCCOCCOc3ccc4c(c3)c(=O)c(C(=O)O)cn4C3CC3)[C@H](C)O2)[C@H](C)[C@@H](O[C@@H]2O[C@H](C)C[C@H](N(C)C)[C@H]2O)[C@](C)(O)C[C@@H](C)CN(C)[C@H](C)[C@@H](O)[C@]1(C)O. The van der Waals surface area contributed by atoms with Gasteiger partial charge in [0, 0.05) is 63.5 Å². The van der Waals surface area contributed by atoms with Crippen LogP contribution < -0.4 is 15.5 Å². The Morgan fingerprint density at radius 2 is 1.63 bits per heavy atom. The number of aliphatic hydroxyl groups is 4. The minimum absolute atomic E-state index is 0.0158. The molecule has 0 radical (unpaired) electrons. The standard InChI is InChI=1S/C57H92N4O18/c1-15-43-57(10,70)48(64)35(6)60(13)29-31(2)27-55(8,69)49(78-53-46(63)42(59(11)12)25-32(3)74-53)33(4)47(34(5)52(67)76-43)77-44-28-56(9,71-14)50(36(7)75-44)79-54(68)58-21-16-22-72-23-24-73-38-19-20-41-39(26-38)45(62)40(51(65)66)30-61(41)37-17-18-37/h19-20,26,30-37,42-44,46-50,53,63-64,69-70H,15-18,21-25,27-29H2,1-14H3,(H,58,68)(H,65,66)/t31-,32-,33+,34-,35-,36+,42+,43-,44+,46-,47+,48-,49-,50+,53+,55-,56-,57-/m1/s1. The van der Waals surface area contributed by atoms with Gasteiger partial charge in [0.2, 0.25) is 5.43 Å². The second-order valence-electron chi connectivity index (χ2n) is 23.8. The monoisotopic (exact) mass is 1120 g/mol. The average Bonchev–Trinajstić information content (AvgIpc) is 4.45. The van der Waals surface area contributed by atoms with E-state index in [2.05, 4.69) is 5.32 Å². The molecule has 1 saturated carbocycles. The van der Waals surface area contributed by atoms with Crippen LogP contribution in [0.2, 0.25) is 0 Å². The maximum Gasteiger partial charge on any atom is 0.407 e. The molecule has 18 atom stereocenters. The summed E-state index contributed by atoms with van der Waals surface area (Å²) >= 11 is 0. The van der Waals surface area contributed by atoms with Crippen molar-refractivity contribution in [2.24, 2.45) is 17.8 Å². The van der Waals surface area contributed by atoms with Gasteiger partial charge in [-0.05, 0) is 132 Å². The number of rotatable bonds is 18. The van der Waals surface area contributed by atoms with Gasteiger partial charge in [-0.15, -0.1) is 0 Å². The molecule has 4 fully saturated rings. The van der Waals surface area contributed by atoms with Crippen LogP contribution in [0, 0.1) is 17.8 Å². The number of nitrogens with one attached hydrogen (secondary N) is 1. The van der Waals surface area contributed by atoms with Gasteiger partial charge in [-0.2, -0.15) is 0 Å². The van der Waals surface area contributed by atoms with E-state index in [1.54, 1.807) is 66.7 Å². The fourth-order valence-electron chi connectivity index (χ4n) is 12.0. The molecule has 0 bridgehead atoms. The van der Waals surface area contributed by atoms with Crippen molar-refractivity contribution < 1.29 is 82.5 Å². The van der Waals surface area contributed by atoms with Gasteiger partial charge in [0.25, 0.3) is 0 Å². The number of nitrogens with zero attached hydrogens (tertiary/aromatic N) is 3. The number of likely N-dealkylation sites (N-methyl/N-ethyl adjacent to an activating group) is 2. The Hall–Kier alpha value is -4.04. The van der Waals surface area contributed by atoms with Crippen molar-refractivity contribution in [1.82, 2.24) is 19.7 Å². The first-order chi connectivity index (χ1) is 37.0. The summed E-state index contributed by atoms with van der Waals surface area (Å²) in [5.41, 5.74) is -4.89. The summed E-state index contributed by atoms with van der Waals surface area (Å²) < 4.78 is 58.1. The van der Waals surface area contributed by atoms with Crippen molar-refractivity contribution in [3.05, 3.63) is 40.2 Å². The van der Waals surface area contributed by atoms with Crippen LogP contribution in [0.5, 0.6) is 5.75 Å². The van der Waals surface area contributed by atoms with Crippen molar-refractivity contribution >= 4 is 28.9 Å². The second-order valence-corrected chi connectivity index (χ2v) is 23.8. The number of cyclic esters (lactones) is 1. The third-order valence-electron chi connectivity index (χ3n) is 16.8. The summed E-state index contributed by atoms with van der Waals surface area (Å²) in [6, 6.07) is 4.30. The Bertz CT molecular complexity index is 2420. The van der Waals surface area contributed by atoms with E-state index in [-0.39, 0.29) is 80.7 Å². The van der Waals surface area contributed by atoms with E-state index in [9.17, 15) is 44.7 Å². The minimum atomic E-state index is -1.87. The number of aromatic carboxylic acids is 1. The zero-order valence-electron chi connectivity index (χ0n) is 48.9. The quantitative estimate of drug-likeness (QED) is 0.0888. The highest BCUT2D eigenvalue weighted by Crippen LogP contribution is 2.42. The van der Waals surface area contributed by atoms with Crippen molar-refractivity contribution in [1.29, 1.82) is 0 Å². The molecular weight excluding hydrogens is 1030 g/mol. The van der Waals surface area contributed by atoms with E-state index < -0.39 is 113 Å². The molecule has 3 saturated heterocycles. The smallest absolute Gasteiger partial charge is 0.407 e. The van der Waals surface area contributed by atoms with Crippen LogP contribution in [-0.4, -0.2) is 209 Å². The van der Waals surface area contributed by atoms with Crippen LogP contribution in [0.15, 0.2) is 29.2 Å². The molecule has 1 aromatic heterocycles. The number of fused-ring (bicyclic) bond motifs is 1. The Labute approximate surface area is 465 Å². The second kappa shape index (κ2) is 26.9. The van der Waals surface area contributed by atoms with Crippen molar-refractivity contribution in [2.45, 2.75) is 211 Å². The number of carbonyl (C=O) groups is 3. The zero-order valence-corrected chi connectivity index (χ0v) is 48.9. The van der Waals surface area contributed by atoms with Crippen LogP contribution in [0.3, 0.4) is 0 Å². The van der Waals surface area contributed by atoms with Crippen molar-refractivity contribution in [2.75, 3.05) is 61.2 Å². The average molecular weight is 1120 g/mol. The predicted molar refractivity (Wildman–Crippen MR) is 291 cm³/mol. The van der Waals surface area contributed by atoms with Gasteiger partial charge in [-0.1, -0.05) is 20.8 Å². The molecule has 79 heavy (non-hydrogen) atoms. The molecule has 2 aromatic rings. The lowest BCUT2D eigenvalue weighted by molar-refractivity contribution is -0.317. The lowest BCUT2D eigenvalue weighted by Gasteiger charge is -2.49. The van der Waals surface area contributed by atoms with Crippen LogP contribution in [0.1, 0.15) is 131 Å². The van der Waals surface area contributed by atoms with Crippen molar-refractivity contribution in [3.8, 4) is 5.75 Å². The first-order valence-corrected chi connectivity index (χ1v) is 28.2. The molecule has 448 valence electrons. The molecule has 3 aliphatic heterocycles. The van der Waals surface area contributed by atoms with E-state index in [0.29, 0.717) is 30.7 Å². The molecule has 6 N–H and O–H groups in total. The number of pyridine rings is 1. The van der Waals surface area contributed by atoms with Gasteiger partial charge in [-0.3, -0.25) is 9.59 Å². The van der Waals surface area contributed by atoms with E-state index in [4.69, 9.17) is 42.6 Å². The third-order valence-corrected chi connectivity index (χ3v) is 16.8. The lowest BCUT2D eigenvalue weighted by Crippen LogP contribution is -2.61. The summed E-state index contributed by atoms with van der Waals surface area (Å²) in [4.78, 5) is 56.5. The number of alkyl carbamates (subject to hydrolysis) is 1. The Balaban J connectivity index is 1.12. The number of hydrogen-bond acceptors (Lipinski definition) is 19. The highest BCUT2D eigenvalue weighted by atomic mass is 16.7. The molecular formula is C57H92N4O18. The van der Waals surface area contributed by atoms with Gasteiger partial charge in [0.1, 0.15) is 47.4 Å². The lowest BCUT2D eigenvalue weighted by atomic mass is 9.77. The number of carbonyl (C=O) groups excluding carboxylic acids is 2. The first-order valence-electron chi connectivity index (χ1n) is 28.2. The van der Waals surface area contributed by atoms with Crippen LogP contribution in [0.25, 0.3) is 10.9 Å². The van der Waals surface area contributed by atoms with Crippen molar-refractivity contribution in [3.63, 3.8) is 0 Å². The van der Waals surface area contributed by atoms with Gasteiger partial charge in [-0.25, -0.2) is 9.59 Å². The van der Waals surface area contributed by atoms with E-state index in [1.165, 1.54) is 20.2 Å². The Kier molecular flexibility index (Phi) is 21.8. The fourth-order valence-corrected chi connectivity index (χ4v) is 12.0. The molecule has 4 aliphatic rings. The van der Waals surface area contributed by atoms with Gasteiger partial charge in [0.05, 0.1) is 53.4 Å². The molecule has 6 rings (SSSR count). The molecule has 1 amide bonds. The number of ether oxygens (including phenoxy) is 9. The van der Waals surface area contributed by atoms with Crippen LogP contribution >= 0.6 is 0 Å². The third kappa shape index (κ3) is 15.3.